The zero-order valence-electron chi connectivity index (χ0n) is 12.6. The molecule has 2 atom stereocenters. The number of likely N-dealkylation sites (N-methyl/N-ethyl adjacent to an activating group) is 1. The first-order valence-electron chi connectivity index (χ1n) is 7.57. The molecule has 1 aliphatic carbocycles. The normalized spacial score (nSPS) is 26.8. The lowest BCUT2D eigenvalue weighted by Crippen LogP contribution is -2.47. The van der Waals surface area contributed by atoms with Crippen LogP contribution in [-0.4, -0.2) is 50.9 Å². The molecular weight excluding hydrogens is 288 g/mol. The molecule has 4 nitrogen and oxygen atoms in total. The molecule has 1 heterocycles. The highest BCUT2D eigenvalue weighted by Gasteiger charge is 2.33. The molecule has 3 rings (SSSR count). The third kappa shape index (κ3) is 3.51. The Balaban J connectivity index is 1.78. The van der Waals surface area contributed by atoms with Crippen LogP contribution in [0.25, 0.3) is 0 Å². The van der Waals surface area contributed by atoms with Crippen molar-refractivity contribution in [3.05, 3.63) is 28.8 Å². The zero-order chi connectivity index (χ0) is 14.8. The first kappa shape index (κ1) is 15.1. The number of rotatable bonds is 5. The summed E-state index contributed by atoms with van der Waals surface area (Å²) >= 11 is 6.28. The van der Waals surface area contributed by atoms with Crippen LogP contribution < -0.4 is 10.1 Å². The first-order chi connectivity index (χ1) is 10.2. The average Bonchev–Trinajstić information content (AvgIpc) is 3.29. The number of ether oxygens (including phenoxy) is 2. The quantitative estimate of drug-likeness (QED) is 0.906. The number of hydrogen-bond acceptors (Lipinski definition) is 4. The second-order valence-electron chi connectivity index (χ2n) is 5.91. The van der Waals surface area contributed by atoms with Crippen molar-refractivity contribution in [2.45, 2.75) is 31.0 Å². The standard InChI is InChI=1S/C16H23ClN2O2/c1-19-7-8-21-15(10-18-12-4-5-12)16(19)11-3-6-14(20-2)13(17)9-11/h3,6,9,12,15-16,18H,4-5,7-8,10H2,1-2H3. The number of methoxy groups -OCH3 is 1. The van der Waals surface area contributed by atoms with E-state index in [4.69, 9.17) is 21.1 Å². The molecule has 0 radical (unpaired) electrons. The SMILES string of the molecule is COc1ccc(C2C(CNC3CC3)OCCN2C)cc1Cl. The molecule has 1 aromatic carbocycles. The van der Waals surface area contributed by atoms with Crippen molar-refractivity contribution in [2.24, 2.45) is 0 Å². The third-order valence-electron chi connectivity index (χ3n) is 4.31. The van der Waals surface area contributed by atoms with Gasteiger partial charge >= 0.3 is 0 Å². The van der Waals surface area contributed by atoms with Gasteiger partial charge in [-0.3, -0.25) is 4.90 Å². The first-order valence-corrected chi connectivity index (χ1v) is 7.95. The van der Waals surface area contributed by atoms with Crippen molar-refractivity contribution < 1.29 is 9.47 Å². The van der Waals surface area contributed by atoms with Crippen molar-refractivity contribution in [3.63, 3.8) is 0 Å². The van der Waals surface area contributed by atoms with Gasteiger partial charge in [-0.15, -0.1) is 0 Å². The molecule has 21 heavy (non-hydrogen) atoms. The third-order valence-corrected chi connectivity index (χ3v) is 4.60. The van der Waals surface area contributed by atoms with Crippen LogP contribution in [0.2, 0.25) is 5.02 Å². The lowest BCUT2D eigenvalue weighted by molar-refractivity contribution is -0.0615. The number of nitrogens with one attached hydrogen (secondary N) is 1. The van der Waals surface area contributed by atoms with Gasteiger partial charge in [-0.25, -0.2) is 0 Å². The number of morpholine rings is 1. The maximum absolute atomic E-state index is 6.28. The fourth-order valence-corrected chi connectivity index (χ4v) is 3.20. The highest BCUT2D eigenvalue weighted by Crippen LogP contribution is 2.33. The molecule has 1 N–H and O–H groups in total. The van der Waals surface area contributed by atoms with E-state index in [1.807, 2.05) is 12.1 Å². The fraction of sp³-hybridized carbons (Fsp3) is 0.625. The molecule has 5 heteroatoms. The summed E-state index contributed by atoms with van der Waals surface area (Å²) in [7, 11) is 3.79. The van der Waals surface area contributed by atoms with Crippen LogP contribution in [0.1, 0.15) is 24.4 Å². The topological polar surface area (TPSA) is 33.7 Å². The van der Waals surface area contributed by atoms with E-state index in [1.54, 1.807) is 7.11 Å². The molecule has 2 unspecified atom stereocenters. The van der Waals surface area contributed by atoms with Crippen molar-refractivity contribution in [2.75, 3.05) is 33.9 Å². The van der Waals surface area contributed by atoms with E-state index < -0.39 is 0 Å². The van der Waals surface area contributed by atoms with E-state index in [0.29, 0.717) is 16.8 Å². The Bertz CT molecular complexity index is 493. The van der Waals surface area contributed by atoms with Gasteiger partial charge in [-0.1, -0.05) is 17.7 Å². The minimum Gasteiger partial charge on any atom is -0.495 e. The highest BCUT2D eigenvalue weighted by atomic mass is 35.5. The Morgan fingerprint density at radius 3 is 2.90 bits per heavy atom. The molecule has 0 aromatic heterocycles. The number of halogens is 1. The Morgan fingerprint density at radius 1 is 1.43 bits per heavy atom. The minimum absolute atomic E-state index is 0.161. The van der Waals surface area contributed by atoms with Gasteiger partial charge < -0.3 is 14.8 Å². The molecule has 0 amide bonds. The maximum atomic E-state index is 6.28. The summed E-state index contributed by atoms with van der Waals surface area (Å²) in [5, 5.41) is 4.23. The summed E-state index contributed by atoms with van der Waals surface area (Å²) in [6.45, 7) is 2.62. The van der Waals surface area contributed by atoms with Crippen molar-refractivity contribution in [3.8, 4) is 5.75 Å². The average molecular weight is 311 g/mol. The van der Waals surface area contributed by atoms with E-state index in [2.05, 4.69) is 23.3 Å². The summed E-state index contributed by atoms with van der Waals surface area (Å²) in [6.07, 6.45) is 2.75. The van der Waals surface area contributed by atoms with Gasteiger partial charge in [0.1, 0.15) is 5.75 Å². The molecule has 0 spiro atoms. The maximum Gasteiger partial charge on any atom is 0.137 e. The van der Waals surface area contributed by atoms with E-state index in [9.17, 15) is 0 Å². The number of benzene rings is 1. The van der Waals surface area contributed by atoms with E-state index in [0.717, 1.165) is 19.7 Å². The van der Waals surface area contributed by atoms with Gasteiger partial charge in [0, 0.05) is 19.1 Å². The molecule has 1 aliphatic heterocycles. The van der Waals surface area contributed by atoms with Crippen molar-refractivity contribution >= 4 is 11.6 Å². The number of nitrogens with zero attached hydrogens (tertiary/aromatic N) is 1. The van der Waals surface area contributed by atoms with Gasteiger partial charge in [0.15, 0.2) is 0 Å². The monoisotopic (exact) mass is 310 g/mol. The Kier molecular flexibility index (Phi) is 4.69. The van der Waals surface area contributed by atoms with Crippen LogP contribution >= 0.6 is 11.6 Å². The molecule has 116 valence electrons. The minimum atomic E-state index is 0.161. The lowest BCUT2D eigenvalue weighted by atomic mass is 9.98. The van der Waals surface area contributed by atoms with Gasteiger partial charge in [-0.2, -0.15) is 0 Å². The molecule has 1 saturated carbocycles. The molecule has 1 saturated heterocycles. The van der Waals surface area contributed by atoms with Crippen LogP contribution in [0.3, 0.4) is 0 Å². The Hall–Kier alpha value is -0.810. The van der Waals surface area contributed by atoms with E-state index in [-0.39, 0.29) is 12.1 Å². The molecule has 0 bridgehead atoms. The molecule has 2 fully saturated rings. The van der Waals surface area contributed by atoms with Gasteiger partial charge in [0.05, 0.1) is 30.9 Å². The van der Waals surface area contributed by atoms with E-state index in [1.165, 1.54) is 18.4 Å². The zero-order valence-corrected chi connectivity index (χ0v) is 13.4. The largest absolute Gasteiger partial charge is 0.495 e. The number of hydrogen-bond donors (Lipinski definition) is 1. The van der Waals surface area contributed by atoms with Gasteiger partial charge in [0.2, 0.25) is 0 Å². The Labute approximate surface area is 131 Å². The summed E-state index contributed by atoms with van der Waals surface area (Å²) in [5.74, 6) is 0.715. The van der Waals surface area contributed by atoms with Crippen LogP contribution in [-0.2, 0) is 4.74 Å². The summed E-state index contributed by atoms with van der Waals surface area (Å²) in [4.78, 5) is 2.35. The second kappa shape index (κ2) is 6.53. The van der Waals surface area contributed by atoms with Gasteiger partial charge in [-0.05, 0) is 37.6 Å². The molecule has 2 aliphatic rings. The molecule has 1 aromatic rings. The molecular formula is C16H23ClN2O2. The van der Waals surface area contributed by atoms with Crippen LogP contribution in [0.4, 0.5) is 0 Å². The smallest absolute Gasteiger partial charge is 0.137 e. The van der Waals surface area contributed by atoms with Crippen LogP contribution in [0, 0.1) is 0 Å². The van der Waals surface area contributed by atoms with Crippen LogP contribution in [0.5, 0.6) is 5.75 Å². The van der Waals surface area contributed by atoms with E-state index >= 15 is 0 Å². The van der Waals surface area contributed by atoms with Gasteiger partial charge in [0.25, 0.3) is 0 Å². The second-order valence-corrected chi connectivity index (χ2v) is 6.32. The predicted octanol–water partition coefficient (Wildman–Crippen LogP) is 2.47. The fourth-order valence-electron chi connectivity index (χ4n) is 2.94. The Morgan fingerprint density at radius 2 is 2.24 bits per heavy atom. The predicted molar refractivity (Wildman–Crippen MR) is 84.1 cm³/mol. The van der Waals surface area contributed by atoms with Crippen molar-refractivity contribution in [1.29, 1.82) is 0 Å². The summed E-state index contributed by atoms with van der Waals surface area (Å²) < 4.78 is 11.3. The van der Waals surface area contributed by atoms with Crippen molar-refractivity contribution in [1.82, 2.24) is 10.2 Å². The summed E-state index contributed by atoms with van der Waals surface area (Å²) in [6, 6.07) is 6.95. The summed E-state index contributed by atoms with van der Waals surface area (Å²) in [5.41, 5.74) is 1.19. The van der Waals surface area contributed by atoms with Crippen LogP contribution in [0.15, 0.2) is 18.2 Å². The highest BCUT2D eigenvalue weighted by molar-refractivity contribution is 6.32. The lowest BCUT2D eigenvalue weighted by Gasteiger charge is -2.39.